The first-order chi connectivity index (χ1) is 8.52. The summed E-state index contributed by atoms with van der Waals surface area (Å²) in [5, 5.41) is 0. The first kappa shape index (κ1) is 18.3. The van der Waals surface area contributed by atoms with Crippen LogP contribution in [0, 0.1) is 0 Å². The second-order valence-corrected chi connectivity index (χ2v) is 6.18. The lowest BCUT2D eigenvalue weighted by Crippen LogP contribution is -2.27. The number of hydrogen-bond donors (Lipinski definition) is 0. The summed E-state index contributed by atoms with van der Waals surface area (Å²) in [6.45, 7) is 15.6. The lowest BCUT2D eigenvalue weighted by molar-refractivity contribution is 0.0502. The molecular weight excluding hydrogens is 249 g/mol. The first-order valence-electron chi connectivity index (χ1n) is 6.96. The number of nitrogens with zero attached hydrogens (tertiary/aromatic N) is 1. The van der Waals surface area contributed by atoms with Gasteiger partial charge in [0.25, 0.3) is 8.53 Å². The summed E-state index contributed by atoms with van der Waals surface area (Å²) in [6.07, 6.45) is 1.27. The van der Waals surface area contributed by atoms with Gasteiger partial charge in [-0.15, -0.1) is 0 Å². The van der Waals surface area contributed by atoms with Crippen LogP contribution in [-0.2, 0) is 13.8 Å². The van der Waals surface area contributed by atoms with Gasteiger partial charge in [-0.2, -0.15) is 0 Å². The topological polar surface area (TPSA) is 30.9 Å². The normalized spacial score (nSPS) is 13.8. The van der Waals surface area contributed by atoms with E-state index in [1.54, 1.807) is 0 Å². The van der Waals surface area contributed by atoms with Crippen molar-refractivity contribution in [2.45, 2.75) is 60.1 Å². The smallest absolute Gasteiger partial charge is 0.259 e. The summed E-state index contributed by atoms with van der Waals surface area (Å²) in [5.74, 6) is 0. The molecule has 0 N–H and O–H groups in total. The predicted octanol–water partition coefficient (Wildman–Crippen LogP) is 3.81. The molecule has 0 radical (unpaired) electrons. The van der Waals surface area contributed by atoms with Crippen molar-refractivity contribution in [2.24, 2.45) is 0 Å². The van der Waals surface area contributed by atoms with E-state index >= 15 is 0 Å². The maximum atomic E-state index is 5.85. The Morgan fingerprint density at radius 2 is 1.56 bits per heavy atom. The van der Waals surface area contributed by atoms with Crippen molar-refractivity contribution < 1.29 is 13.8 Å². The molecule has 0 aromatic carbocycles. The molecule has 18 heavy (non-hydrogen) atoms. The fraction of sp³-hybridized carbons (Fsp3) is 1.00. The molecule has 0 aromatic heterocycles. The number of rotatable bonds is 11. The Bertz CT molecular complexity index is 191. The van der Waals surface area contributed by atoms with Crippen LogP contribution in [0.25, 0.3) is 0 Å². The molecule has 0 aliphatic heterocycles. The summed E-state index contributed by atoms with van der Waals surface area (Å²) < 4.78 is 19.4. The summed E-state index contributed by atoms with van der Waals surface area (Å²) >= 11 is 0. The Morgan fingerprint density at radius 3 is 2.00 bits per heavy atom. The van der Waals surface area contributed by atoms with E-state index in [2.05, 4.69) is 32.4 Å². The van der Waals surface area contributed by atoms with Crippen LogP contribution in [-0.4, -0.2) is 43.2 Å². The van der Waals surface area contributed by atoms with Crippen molar-refractivity contribution in [1.82, 2.24) is 4.67 Å². The Morgan fingerprint density at radius 1 is 0.944 bits per heavy atom. The molecule has 0 aromatic rings. The zero-order valence-corrected chi connectivity index (χ0v) is 13.7. The highest BCUT2D eigenvalue weighted by Crippen LogP contribution is 2.43. The maximum absolute atomic E-state index is 5.85. The largest absolute Gasteiger partial charge is 0.376 e. The van der Waals surface area contributed by atoms with Gasteiger partial charge >= 0.3 is 0 Å². The second kappa shape index (κ2) is 11.1. The Kier molecular flexibility index (Phi) is 11.3. The van der Waals surface area contributed by atoms with Gasteiger partial charge in [0, 0.05) is 12.6 Å². The van der Waals surface area contributed by atoms with Crippen molar-refractivity contribution in [3.63, 3.8) is 0 Å². The van der Waals surface area contributed by atoms with Gasteiger partial charge in [-0.3, -0.25) is 0 Å². The van der Waals surface area contributed by atoms with E-state index in [1.165, 1.54) is 0 Å². The molecule has 0 aliphatic carbocycles. The number of hydrogen-bond acceptors (Lipinski definition) is 4. The third-order valence-electron chi connectivity index (χ3n) is 2.27. The van der Waals surface area contributed by atoms with Gasteiger partial charge in [0.2, 0.25) is 0 Å². The zero-order valence-electron chi connectivity index (χ0n) is 12.8. The Balaban J connectivity index is 4.12. The van der Waals surface area contributed by atoms with Gasteiger partial charge in [0.05, 0.1) is 25.9 Å². The van der Waals surface area contributed by atoms with Gasteiger partial charge in [-0.05, 0) is 34.1 Å². The maximum Gasteiger partial charge on any atom is 0.259 e. The standard InChI is InChI=1S/C13H30NO3P/c1-7-9-16-18(14(8-2)12(3)4)17-11-10-15-13(5)6/h12-13H,7-11H2,1-6H3. The first-order valence-corrected chi connectivity index (χ1v) is 8.10. The Hall–Kier alpha value is 0.270. The van der Waals surface area contributed by atoms with E-state index in [0.29, 0.717) is 19.3 Å². The van der Waals surface area contributed by atoms with E-state index < -0.39 is 8.53 Å². The van der Waals surface area contributed by atoms with Gasteiger partial charge < -0.3 is 13.8 Å². The van der Waals surface area contributed by atoms with Crippen molar-refractivity contribution in [3.05, 3.63) is 0 Å². The van der Waals surface area contributed by atoms with E-state index in [1.807, 2.05) is 13.8 Å². The SMILES string of the molecule is CCCOP(OCCOC(C)C)N(CC)C(C)C. The fourth-order valence-corrected chi connectivity index (χ4v) is 2.97. The highest BCUT2D eigenvalue weighted by atomic mass is 31.2. The van der Waals surface area contributed by atoms with Crippen LogP contribution in [0.2, 0.25) is 0 Å². The summed E-state index contributed by atoms with van der Waals surface area (Å²) in [6, 6.07) is 0.434. The minimum Gasteiger partial charge on any atom is -0.376 e. The summed E-state index contributed by atoms with van der Waals surface area (Å²) in [4.78, 5) is 0. The molecule has 0 spiro atoms. The molecular formula is C13H30NO3P. The van der Waals surface area contributed by atoms with Gasteiger partial charge in [-0.25, -0.2) is 4.67 Å². The van der Waals surface area contributed by atoms with Crippen LogP contribution in [0.15, 0.2) is 0 Å². The van der Waals surface area contributed by atoms with Crippen molar-refractivity contribution in [3.8, 4) is 0 Å². The highest BCUT2D eigenvalue weighted by molar-refractivity contribution is 7.44. The van der Waals surface area contributed by atoms with Gasteiger partial charge in [0.15, 0.2) is 0 Å². The lowest BCUT2D eigenvalue weighted by atomic mass is 10.4. The Labute approximate surface area is 114 Å². The quantitative estimate of drug-likeness (QED) is 0.425. The molecule has 0 amide bonds. The molecule has 4 nitrogen and oxygen atoms in total. The van der Waals surface area contributed by atoms with Crippen LogP contribution < -0.4 is 0 Å². The number of ether oxygens (including phenoxy) is 1. The van der Waals surface area contributed by atoms with Crippen molar-refractivity contribution in [1.29, 1.82) is 0 Å². The minimum atomic E-state index is -0.947. The lowest BCUT2D eigenvalue weighted by Gasteiger charge is -2.31. The second-order valence-electron chi connectivity index (χ2n) is 4.67. The van der Waals surface area contributed by atoms with E-state index in [-0.39, 0.29) is 6.10 Å². The van der Waals surface area contributed by atoms with Crippen LogP contribution in [0.4, 0.5) is 0 Å². The van der Waals surface area contributed by atoms with Crippen LogP contribution >= 0.6 is 8.53 Å². The van der Waals surface area contributed by atoms with Crippen LogP contribution in [0.3, 0.4) is 0 Å². The van der Waals surface area contributed by atoms with E-state index in [4.69, 9.17) is 13.8 Å². The molecule has 0 bridgehead atoms. The van der Waals surface area contributed by atoms with Crippen LogP contribution in [0.5, 0.6) is 0 Å². The molecule has 1 atom stereocenters. The molecule has 1 unspecified atom stereocenters. The molecule has 0 heterocycles. The fourth-order valence-electron chi connectivity index (χ4n) is 1.42. The summed E-state index contributed by atoms with van der Waals surface area (Å²) in [7, 11) is -0.947. The highest BCUT2D eigenvalue weighted by Gasteiger charge is 2.22. The predicted molar refractivity (Wildman–Crippen MR) is 77.7 cm³/mol. The molecule has 110 valence electrons. The van der Waals surface area contributed by atoms with E-state index in [0.717, 1.165) is 19.6 Å². The average molecular weight is 279 g/mol. The molecule has 5 heteroatoms. The van der Waals surface area contributed by atoms with E-state index in [9.17, 15) is 0 Å². The third kappa shape index (κ3) is 8.39. The molecule has 0 rings (SSSR count). The monoisotopic (exact) mass is 279 g/mol. The minimum absolute atomic E-state index is 0.253. The third-order valence-corrected chi connectivity index (χ3v) is 4.24. The van der Waals surface area contributed by atoms with Gasteiger partial charge in [0.1, 0.15) is 0 Å². The zero-order chi connectivity index (χ0) is 14.0. The molecule has 0 aliphatic rings. The van der Waals surface area contributed by atoms with Gasteiger partial charge in [-0.1, -0.05) is 13.8 Å². The van der Waals surface area contributed by atoms with Crippen molar-refractivity contribution >= 4 is 8.53 Å². The molecule has 0 fully saturated rings. The summed E-state index contributed by atoms with van der Waals surface area (Å²) in [5.41, 5.74) is 0. The molecule has 0 saturated carbocycles. The average Bonchev–Trinajstić information content (AvgIpc) is 2.30. The molecule has 0 saturated heterocycles. The van der Waals surface area contributed by atoms with Crippen LogP contribution in [0.1, 0.15) is 48.0 Å². The van der Waals surface area contributed by atoms with Crippen molar-refractivity contribution in [2.75, 3.05) is 26.4 Å².